The summed E-state index contributed by atoms with van der Waals surface area (Å²) in [5, 5.41) is 10.8. The highest BCUT2D eigenvalue weighted by Crippen LogP contribution is 2.15. The summed E-state index contributed by atoms with van der Waals surface area (Å²) in [6.07, 6.45) is 0.264. The van der Waals surface area contributed by atoms with Gasteiger partial charge < -0.3 is 10.4 Å². The summed E-state index contributed by atoms with van der Waals surface area (Å²) < 4.78 is 39.3. The zero-order chi connectivity index (χ0) is 15.3. The summed E-state index contributed by atoms with van der Waals surface area (Å²) in [5.41, 5.74) is -0.850. The van der Waals surface area contributed by atoms with Crippen LogP contribution in [0, 0.1) is 23.4 Å². The predicted molar refractivity (Wildman–Crippen MR) is 64.7 cm³/mol. The number of hydrogen-bond donors (Lipinski definition) is 2. The van der Waals surface area contributed by atoms with Crippen molar-refractivity contribution in [3.8, 4) is 0 Å². The lowest BCUT2D eigenvalue weighted by Gasteiger charge is -2.12. The van der Waals surface area contributed by atoms with Crippen LogP contribution in [0.1, 0.15) is 30.1 Å². The van der Waals surface area contributed by atoms with E-state index in [4.69, 9.17) is 5.11 Å². The van der Waals surface area contributed by atoms with Crippen molar-refractivity contribution in [2.75, 3.05) is 6.54 Å². The van der Waals surface area contributed by atoms with E-state index in [9.17, 15) is 22.8 Å². The van der Waals surface area contributed by atoms with E-state index in [2.05, 4.69) is 5.32 Å². The molecule has 1 amide bonds. The molecule has 0 saturated heterocycles. The number of carbonyl (C=O) groups is 2. The Balaban J connectivity index is 2.62. The summed E-state index contributed by atoms with van der Waals surface area (Å²) >= 11 is 0. The molecule has 1 atom stereocenters. The molecule has 0 aromatic heterocycles. The van der Waals surface area contributed by atoms with Gasteiger partial charge >= 0.3 is 5.97 Å². The van der Waals surface area contributed by atoms with Crippen molar-refractivity contribution in [1.82, 2.24) is 5.32 Å². The normalized spacial score (nSPS) is 12.0. The van der Waals surface area contributed by atoms with E-state index in [0.717, 1.165) is 0 Å². The highest BCUT2D eigenvalue weighted by molar-refractivity contribution is 5.94. The second-order valence-corrected chi connectivity index (χ2v) is 4.49. The third-order valence-corrected chi connectivity index (χ3v) is 2.70. The third kappa shape index (κ3) is 4.56. The second-order valence-electron chi connectivity index (χ2n) is 4.49. The Morgan fingerprint density at radius 3 is 2.30 bits per heavy atom. The Bertz CT molecular complexity index is 497. The summed E-state index contributed by atoms with van der Waals surface area (Å²) in [5.74, 6) is -5.79. The fourth-order valence-corrected chi connectivity index (χ4v) is 1.59. The molecule has 0 aliphatic rings. The smallest absolute Gasteiger partial charge is 0.303 e. The van der Waals surface area contributed by atoms with Crippen LogP contribution in [0.3, 0.4) is 0 Å². The van der Waals surface area contributed by atoms with Gasteiger partial charge in [-0.25, -0.2) is 13.2 Å². The topological polar surface area (TPSA) is 66.4 Å². The number of benzene rings is 1. The Kier molecular flexibility index (Phi) is 5.54. The predicted octanol–water partition coefficient (Wildman–Crippen LogP) is 2.33. The monoisotopic (exact) mass is 289 g/mol. The number of aliphatic carboxylic acids is 1. The lowest BCUT2D eigenvalue weighted by molar-refractivity contribution is -0.137. The Hall–Kier alpha value is -2.05. The number of carboxylic acid groups (broad SMARTS) is 1. The third-order valence-electron chi connectivity index (χ3n) is 2.70. The van der Waals surface area contributed by atoms with Crippen LogP contribution >= 0.6 is 0 Å². The molecule has 2 N–H and O–H groups in total. The second kappa shape index (κ2) is 6.93. The molecule has 0 radical (unpaired) electrons. The maximum Gasteiger partial charge on any atom is 0.303 e. The first-order chi connectivity index (χ1) is 9.31. The molecule has 4 nitrogen and oxygen atoms in total. The highest BCUT2D eigenvalue weighted by atomic mass is 19.1. The van der Waals surface area contributed by atoms with Gasteiger partial charge in [0.1, 0.15) is 23.0 Å². The van der Waals surface area contributed by atoms with E-state index in [1.165, 1.54) is 0 Å². The molecule has 0 bridgehead atoms. The van der Waals surface area contributed by atoms with Gasteiger partial charge in [0.25, 0.3) is 5.91 Å². The molecule has 1 unspecified atom stereocenters. The lowest BCUT2D eigenvalue weighted by Crippen LogP contribution is -2.30. The lowest BCUT2D eigenvalue weighted by atomic mass is 10.1. The van der Waals surface area contributed by atoms with Crippen LogP contribution in [0.5, 0.6) is 0 Å². The van der Waals surface area contributed by atoms with Crippen molar-refractivity contribution < 1.29 is 27.9 Å². The van der Waals surface area contributed by atoms with Gasteiger partial charge in [0, 0.05) is 25.1 Å². The van der Waals surface area contributed by atoms with Crippen molar-refractivity contribution in [3.63, 3.8) is 0 Å². The first-order valence-electron chi connectivity index (χ1n) is 5.95. The molecule has 0 spiro atoms. The van der Waals surface area contributed by atoms with Gasteiger partial charge in [-0.15, -0.1) is 0 Å². The molecule has 20 heavy (non-hydrogen) atoms. The summed E-state index contributed by atoms with van der Waals surface area (Å²) in [6.45, 7) is 1.77. The van der Waals surface area contributed by atoms with Crippen LogP contribution in [0.25, 0.3) is 0 Å². The van der Waals surface area contributed by atoms with Crippen LogP contribution in [-0.2, 0) is 4.79 Å². The molecule has 110 valence electrons. The maximum atomic E-state index is 13.3. The van der Waals surface area contributed by atoms with Crippen LogP contribution < -0.4 is 5.32 Å². The van der Waals surface area contributed by atoms with Gasteiger partial charge in [-0.1, -0.05) is 6.92 Å². The Morgan fingerprint density at radius 2 is 1.80 bits per heavy atom. The van der Waals surface area contributed by atoms with E-state index in [1.807, 2.05) is 0 Å². The number of amides is 1. The van der Waals surface area contributed by atoms with Crippen molar-refractivity contribution in [2.24, 2.45) is 5.92 Å². The molecular weight excluding hydrogens is 275 g/mol. The number of carboxylic acids is 1. The largest absolute Gasteiger partial charge is 0.481 e. The van der Waals surface area contributed by atoms with Crippen LogP contribution in [0.15, 0.2) is 12.1 Å². The number of nitrogens with one attached hydrogen (secondary N) is 1. The minimum atomic E-state index is -1.28. The molecule has 0 heterocycles. The zero-order valence-corrected chi connectivity index (χ0v) is 10.8. The van der Waals surface area contributed by atoms with Crippen molar-refractivity contribution >= 4 is 11.9 Å². The quantitative estimate of drug-likeness (QED) is 0.844. The molecule has 0 aliphatic carbocycles. The van der Waals surface area contributed by atoms with Gasteiger partial charge in [0.05, 0.1) is 0 Å². The maximum absolute atomic E-state index is 13.3. The minimum absolute atomic E-state index is 0.0592. The Morgan fingerprint density at radius 1 is 1.25 bits per heavy atom. The number of hydrogen-bond acceptors (Lipinski definition) is 2. The van der Waals surface area contributed by atoms with Gasteiger partial charge in [-0.3, -0.25) is 9.59 Å². The van der Waals surface area contributed by atoms with Crippen molar-refractivity contribution in [3.05, 3.63) is 35.1 Å². The summed E-state index contributed by atoms with van der Waals surface area (Å²) in [7, 11) is 0. The fraction of sp³-hybridized carbons (Fsp3) is 0.385. The first-order valence-corrected chi connectivity index (χ1v) is 5.95. The van der Waals surface area contributed by atoms with Crippen LogP contribution in [0.2, 0.25) is 0 Å². The van der Waals surface area contributed by atoms with Gasteiger partial charge in [-0.2, -0.15) is 0 Å². The van der Waals surface area contributed by atoms with E-state index < -0.39 is 34.9 Å². The standard InChI is InChI=1S/C13H14F3NO3/c1-7(2-3-11(18)19)6-17-13(20)12-9(15)4-8(14)5-10(12)16/h4-5,7H,2-3,6H2,1H3,(H,17,20)(H,18,19). The van der Waals surface area contributed by atoms with E-state index in [0.29, 0.717) is 18.6 Å². The molecule has 0 aliphatic heterocycles. The molecule has 7 heteroatoms. The van der Waals surface area contributed by atoms with E-state index >= 15 is 0 Å². The number of halogens is 3. The average Bonchev–Trinajstić information content (AvgIpc) is 2.32. The fourth-order valence-electron chi connectivity index (χ4n) is 1.59. The molecular formula is C13H14F3NO3. The highest BCUT2D eigenvalue weighted by Gasteiger charge is 2.19. The molecule has 1 aromatic rings. The molecule has 0 fully saturated rings. The van der Waals surface area contributed by atoms with Gasteiger partial charge in [0.15, 0.2) is 0 Å². The van der Waals surface area contributed by atoms with Crippen molar-refractivity contribution in [2.45, 2.75) is 19.8 Å². The molecule has 1 aromatic carbocycles. The minimum Gasteiger partial charge on any atom is -0.481 e. The van der Waals surface area contributed by atoms with Crippen LogP contribution in [0.4, 0.5) is 13.2 Å². The number of carbonyl (C=O) groups excluding carboxylic acids is 1. The van der Waals surface area contributed by atoms with Crippen LogP contribution in [-0.4, -0.2) is 23.5 Å². The summed E-state index contributed by atoms with van der Waals surface area (Å²) in [4.78, 5) is 22.0. The van der Waals surface area contributed by atoms with E-state index in [1.54, 1.807) is 6.92 Å². The van der Waals surface area contributed by atoms with E-state index in [-0.39, 0.29) is 18.9 Å². The van der Waals surface area contributed by atoms with Gasteiger partial charge in [0.2, 0.25) is 0 Å². The number of rotatable bonds is 6. The van der Waals surface area contributed by atoms with Crippen molar-refractivity contribution in [1.29, 1.82) is 0 Å². The average molecular weight is 289 g/mol. The van der Waals surface area contributed by atoms with Gasteiger partial charge in [-0.05, 0) is 12.3 Å². The molecule has 1 rings (SSSR count). The summed E-state index contributed by atoms with van der Waals surface area (Å²) in [6, 6.07) is 0.845. The first kappa shape index (κ1) is 16.0. The zero-order valence-electron chi connectivity index (χ0n) is 10.8. The molecule has 0 saturated carbocycles. The Labute approximate surface area is 113 Å². The SMILES string of the molecule is CC(CCC(=O)O)CNC(=O)c1c(F)cc(F)cc1F.